The molecule has 0 bridgehead atoms. The molecule has 1 heteroatoms. The summed E-state index contributed by atoms with van der Waals surface area (Å²) in [5, 5.41) is 3.88. The van der Waals surface area contributed by atoms with Gasteiger partial charge in [0.15, 0.2) is 0 Å². The van der Waals surface area contributed by atoms with Crippen molar-refractivity contribution in [2.45, 2.75) is 65.8 Å². The highest BCUT2D eigenvalue weighted by Crippen LogP contribution is 2.49. The van der Waals surface area contributed by atoms with Crippen LogP contribution in [-0.4, -0.2) is 6.54 Å². The SMILES string of the molecule is CCCC1(CNC(CC(C)(C)C)c2ccccc2)CC1. The van der Waals surface area contributed by atoms with E-state index in [0.717, 1.165) is 0 Å². The third-order valence-corrected chi connectivity index (χ3v) is 4.48. The van der Waals surface area contributed by atoms with E-state index in [9.17, 15) is 0 Å². The molecule has 0 aliphatic heterocycles. The molecule has 2 rings (SSSR count). The molecule has 112 valence electrons. The molecular formula is C19H31N. The molecule has 1 nitrogen and oxygen atoms in total. The Balaban J connectivity index is 2.00. The average Bonchev–Trinajstić information content (AvgIpc) is 3.15. The summed E-state index contributed by atoms with van der Waals surface area (Å²) >= 11 is 0. The van der Waals surface area contributed by atoms with Crippen LogP contribution in [0.15, 0.2) is 30.3 Å². The summed E-state index contributed by atoms with van der Waals surface area (Å²) in [7, 11) is 0. The molecule has 20 heavy (non-hydrogen) atoms. The minimum Gasteiger partial charge on any atom is -0.309 e. The van der Waals surface area contributed by atoms with E-state index in [-0.39, 0.29) is 0 Å². The molecule has 0 aromatic heterocycles. The lowest BCUT2D eigenvalue weighted by Crippen LogP contribution is -2.31. The smallest absolute Gasteiger partial charge is 0.0325 e. The van der Waals surface area contributed by atoms with Gasteiger partial charge in [-0.25, -0.2) is 0 Å². The minimum absolute atomic E-state index is 0.356. The number of nitrogens with one attached hydrogen (secondary N) is 1. The monoisotopic (exact) mass is 273 g/mol. The molecule has 1 unspecified atom stereocenters. The summed E-state index contributed by atoms with van der Waals surface area (Å²) in [5.74, 6) is 0. The summed E-state index contributed by atoms with van der Waals surface area (Å²) in [6.45, 7) is 10.5. The molecular weight excluding hydrogens is 242 g/mol. The lowest BCUT2D eigenvalue weighted by Gasteiger charge is -2.29. The standard InChI is InChI=1S/C19H31N/c1-5-11-19(12-13-19)15-20-17(14-18(2,3)4)16-9-7-6-8-10-16/h6-10,17,20H,5,11-15H2,1-4H3. The zero-order valence-electron chi connectivity index (χ0n) is 13.7. The van der Waals surface area contributed by atoms with Crippen LogP contribution in [0.2, 0.25) is 0 Å². The van der Waals surface area contributed by atoms with Crippen LogP contribution in [0.3, 0.4) is 0 Å². The molecule has 0 amide bonds. The van der Waals surface area contributed by atoms with Gasteiger partial charge in [-0.1, -0.05) is 64.4 Å². The van der Waals surface area contributed by atoms with Gasteiger partial charge in [0.25, 0.3) is 0 Å². The highest BCUT2D eigenvalue weighted by molar-refractivity contribution is 5.19. The normalized spacial score (nSPS) is 18.8. The van der Waals surface area contributed by atoms with Crippen LogP contribution in [0.1, 0.15) is 71.4 Å². The molecule has 0 saturated heterocycles. The number of hydrogen-bond acceptors (Lipinski definition) is 1. The molecule has 1 aliphatic carbocycles. The van der Waals surface area contributed by atoms with Gasteiger partial charge < -0.3 is 5.32 Å². The Morgan fingerprint density at radius 1 is 1.15 bits per heavy atom. The third-order valence-electron chi connectivity index (χ3n) is 4.48. The van der Waals surface area contributed by atoms with E-state index in [2.05, 4.69) is 63.3 Å². The zero-order chi connectivity index (χ0) is 14.6. The van der Waals surface area contributed by atoms with E-state index in [0.29, 0.717) is 16.9 Å². The number of benzene rings is 1. The van der Waals surface area contributed by atoms with Crippen LogP contribution < -0.4 is 5.32 Å². The van der Waals surface area contributed by atoms with Crippen LogP contribution in [0, 0.1) is 10.8 Å². The quantitative estimate of drug-likeness (QED) is 0.707. The van der Waals surface area contributed by atoms with E-state index < -0.39 is 0 Å². The van der Waals surface area contributed by atoms with Crippen molar-refractivity contribution in [3.8, 4) is 0 Å². The van der Waals surface area contributed by atoms with Crippen LogP contribution >= 0.6 is 0 Å². The van der Waals surface area contributed by atoms with Gasteiger partial charge in [0.1, 0.15) is 0 Å². The highest BCUT2D eigenvalue weighted by Gasteiger charge is 2.41. The van der Waals surface area contributed by atoms with E-state index in [4.69, 9.17) is 0 Å². The lowest BCUT2D eigenvalue weighted by molar-refractivity contribution is 0.291. The number of rotatable bonds is 7. The van der Waals surface area contributed by atoms with Gasteiger partial charge in [-0.3, -0.25) is 0 Å². The summed E-state index contributed by atoms with van der Waals surface area (Å²) in [6, 6.07) is 11.4. The lowest BCUT2D eigenvalue weighted by atomic mass is 9.85. The van der Waals surface area contributed by atoms with Crippen LogP contribution in [0.4, 0.5) is 0 Å². The van der Waals surface area contributed by atoms with Crippen molar-refractivity contribution in [1.29, 1.82) is 0 Å². The van der Waals surface area contributed by atoms with Crippen molar-refractivity contribution >= 4 is 0 Å². The first-order valence-corrected chi connectivity index (χ1v) is 8.22. The fourth-order valence-corrected chi connectivity index (χ4v) is 3.17. The van der Waals surface area contributed by atoms with Crippen molar-refractivity contribution in [2.75, 3.05) is 6.54 Å². The maximum atomic E-state index is 3.88. The third kappa shape index (κ3) is 4.63. The van der Waals surface area contributed by atoms with Crippen molar-refractivity contribution in [1.82, 2.24) is 5.32 Å². The van der Waals surface area contributed by atoms with Crippen LogP contribution in [-0.2, 0) is 0 Å². The topological polar surface area (TPSA) is 12.0 Å². The second-order valence-corrected chi connectivity index (χ2v) is 7.86. The molecule has 0 spiro atoms. The van der Waals surface area contributed by atoms with Gasteiger partial charge in [0.2, 0.25) is 0 Å². The summed E-state index contributed by atoms with van der Waals surface area (Å²) in [4.78, 5) is 0. The Hall–Kier alpha value is -0.820. The Bertz CT molecular complexity index is 398. The first-order valence-electron chi connectivity index (χ1n) is 8.22. The van der Waals surface area contributed by atoms with Crippen LogP contribution in [0.25, 0.3) is 0 Å². The van der Waals surface area contributed by atoms with Gasteiger partial charge in [-0.15, -0.1) is 0 Å². The largest absolute Gasteiger partial charge is 0.309 e. The van der Waals surface area contributed by atoms with Crippen molar-refractivity contribution in [2.24, 2.45) is 10.8 Å². The fraction of sp³-hybridized carbons (Fsp3) is 0.684. The van der Waals surface area contributed by atoms with Crippen molar-refractivity contribution < 1.29 is 0 Å². The maximum absolute atomic E-state index is 3.88. The molecule has 1 aromatic rings. The second-order valence-electron chi connectivity index (χ2n) is 7.86. The minimum atomic E-state index is 0.356. The summed E-state index contributed by atoms with van der Waals surface area (Å²) in [5.41, 5.74) is 2.42. The molecule has 1 N–H and O–H groups in total. The van der Waals surface area contributed by atoms with Gasteiger partial charge in [-0.05, 0) is 42.1 Å². The predicted molar refractivity (Wildman–Crippen MR) is 87.8 cm³/mol. The molecule has 1 saturated carbocycles. The molecule has 0 radical (unpaired) electrons. The first-order chi connectivity index (χ1) is 9.44. The van der Waals surface area contributed by atoms with Gasteiger partial charge in [0.05, 0.1) is 0 Å². The van der Waals surface area contributed by atoms with Crippen LogP contribution in [0.5, 0.6) is 0 Å². The van der Waals surface area contributed by atoms with Gasteiger partial charge in [-0.2, -0.15) is 0 Å². The fourth-order valence-electron chi connectivity index (χ4n) is 3.17. The van der Waals surface area contributed by atoms with Gasteiger partial charge in [0, 0.05) is 12.6 Å². The van der Waals surface area contributed by atoms with E-state index >= 15 is 0 Å². The summed E-state index contributed by atoms with van der Waals surface area (Å²) < 4.78 is 0. The molecule has 0 heterocycles. The Kier molecular flexibility index (Phi) is 4.90. The maximum Gasteiger partial charge on any atom is 0.0325 e. The second kappa shape index (κ2) is 6.30. The number of hydrogen-bond donors (Lipinski definition) is 1. The van der Waals surface area contributed by atoms with Crippen molar-refractivity contribution in [3.63, 3.8) is 0 Å². The Labute approximate surface area is 125 Å². The molecule has 1 fully saturated rings. The molecule has 1 atom stereocenters. The Morgan fingerprint density at radius 2 is 1.80 bits per heavy atom. The predicted octanol–water partition coefficient (Wildman–Crippen LogP) is 5.33. The highest BCUT2D eigenvalue weighted by atomic mass is 14.9. The zero-order valence-corrected chi connectivity index (χ0v) is 13.7. The summed E-state index contributed by atoms with van der Waals surface area (Å²) in [6.07, 6.45) is 6.74. The average molecular weight is 273 g/mol. The molecule has 1 aromatic carbocycles. The van der Waals surface area contributed by atoms with Gasteiger partial charge >= 0.3 is 0 Å². The Morgan fingerprint density at radius 3 is 2.30 bits per heavy atom. The van der Waals surface area contributed by atoms with E-state index in [1.807, 2.05) is 0 Å². The van der Waals surface area contributed by atoms with Crippen molar-refractivity contribution in [3.05, 3.63) is 35.9 Å². The first kappa shape index (κ1) is 15.6. The van der Waals surface area contributed by atoms with E-state index in [1.54, 1.807) is 0 Å². The van der Waals surface area contributed by atoms with E-state index in [1.165, 1.54) is 44.2 Å². The molecule has 1 aliphatic rings.